The average Bonchev–Trinajstić information content (AvgIpc) is 3.01. The number of piperazine rings is 1. The number of carbonyl (C=O) groups excluding carboxylic acids is 1. The highest BCUT2D eigenvalue weighted by Crippen LogP contribution is 2.43. The van der Waals surface area contributed by atoms with Crippen LogP contribution in [-0.2, 0) is 6.42 Å². The van der Waals surface area contributed by atoms with Crippen molar-refractivity contribution in [2.45, 2.75) is 35.1 Å². The van der Waals surface area contributed by atoms with E-state index in [2.05, 4.69) is 46.2 Å². The number of Topliss-reactive ketones (excluding diaryl/α,β-unsaturated/α-hetero) is 1. The van der Waals surface area contributed by atoms with Gasteiger partial charge in [-0.05, 0) is 79.0 Å². The zero-order valence-corrected chi connectivity index (χ0v) is 23.6. The van der Waals surface area contributed by atoms with Crippen LogP contribution in [0.25, 0.3) is 0 Å². The van der Waals surface area contributed by atoms with Gasteiger partial charge in [-0.15, -0.1) is 24.8 Å². The molecule has 5 rings (SSSR count). The van der Waals surface area contributed by atoms with Crippen molar-refractivity contribution in [3.63, 3.8) is 0 Å². The lowest BCUT2D eigenvalue weighted by atomic mass is 9.96. The van der Waals surface area contributed by atoms with Crippen LogP contribution in [0.4, 0.5) is 4.39 Å². The second-order valence-corrected chi connectivity index (χ2v) is 10.5. The average molecular weight is 586 g/mol. The second-order valence-electron chi connectivity index (χ2n) is 9.02. The molecular weight excluding hydrogens is 554 g/mol. The number of hydrogen-bond donors (Lipinski definition) is 0. The molecule has 0 saturated carbocycles. The predicted octanol–water partition coefficient (Wildman–Crippen LogP) is 6.53. The Morgan fingerprint density at radius 1 is 0.946 bits per heavy atom. The Morgan fingerprint density at radius 2 is 1.65 bits per heavy atom. The van der Waals surface area contributed by atoms with Crippen molar-refractivity contribution in [2.75, 3.05) is 32.7 Å². The van der Waals surface area contributed by atoms with E-state index >= 15 is 0 Å². The fourth-order valence-corrected chi connectivity index (χ4v) is 6.24. The van der Waals surface area contributed by atoms with Gasteiger partial charge in [-0.1, -0.05) is 41.6 Å². The molecule has 2 heterocycles. The van der Waals surface area contributed by atoms with Crippen LogP contribution in [0.15, 0.2) is 76.5 Å². The van der Waals surface area contributed by atoms with Gasteiger partial charge in [0.05, 0.1) is 0 Å². The van der Waals surface area contributed by atoms with Crippen molar-refractivity contribution in [3.05, 3.63) is 94.3 Å². The lowest BCUT2D eigenvalue weighted by Gasteiger charge is -2.39. The van der Waals surface area contributed by atoms with Crippen molar-refractivity contribution >= 4 is 54.0 Å². The minimum atomic E-state index is -0.310. The highest BCUT2D eigenvalue weighted by molar-refractivity contribution is 7.99. The summed E-state index contributed by atoms with van der Waals surface area (Å²) >= 11 is 8.27. The molecule has 2 aliphatic rings. The first kappa shape index (κ1) is 31.6. The topological polar surface area (TPSA) is 55.1 Å². The Bertz CT molecular complexity index is 1170. The number of rotatable bonds is 6. The molecule has 2 N–H and O–H groups in total. The molecule has 1 atom stereocenters. The summed E-state index contributed by atoms with van der Waals surface area (Å²) in [6, 6.07) is 21.2. The van der Waals surface area contributed by atoms with Crippen LogP contribution in [0.5, 0.6) is 0 Å². The first-order valence-corrected chi connectivity index (χ1v) is 13.1. The normalized spacial score (nSPS) is 17.2. The third-order valence-corrected chi connectivity index (χ3v) is 8.27. The molecule has 2 aliphatic heterocycles. The molecule has 0 aromatic heterocycles. The molecule has 1 fully saturated rings. The van der Waals surface area contributed by atoms with E-state index in [1.807, 2.05) is 17.8 Å². The number of benzene rings is 3. The van der Waals surface area contributed by atoms with Crippen LogP contribution in [0, 0.1) is 5.82 Å². The van der Waals surface area contributed by atoms with E-state index in [4.69, 9.17) is 11.6 Å². The van der Waals surface area contributed by atoms with Crippen molar-refractivity contribution < 1.29 is 14.7 Å². The molecule has 3 aromatic rings. The Kier molecular flexibility index (Phi) is 12.4. The van der Waals surface area contributed by atoms with Crippen molar-refractivity contribution in [1.29, 1.82) is 0 Å². The van der Waals surface area contributed by atoms with E-state index in [0.717, 1.165) is 50.6 Å². The third-order valence-electron chi connectivity index (χ3n) is 6.83. The molecule has 200 valence electrons. The number of fused-ring (bicyclic) bond motifs is 2. The number of ketones is 1. The van der Waals surface area contributed by atoms with Crippen molar-refractivity contribution in [2.24, 2.45) is 0 Å². The molecule has 0 radical (unpaired) electrons. The smallest absolute Gasteiger partial charge is 0.162 e. The molecule has 0 aliphatic carbocycles. The predicted molar refractivity (Wildman–Crippen MR) is 155 cm³/mol. The zero-order valence-electron chi connectivity index (χ0n) is 20.4. The Hall–Kier alpha value is -1.64. The van der Waals surface area contributed by atoms with Crippen LogP contribution >= 0.6 is 48.2 Å². The molecule has 37 heavy (non-hydrogen) atoms. The Balaban J connectivity index is 0.00000160. The van der Waals surface area contributed by atoms with Crippen LogP contribution in [0.3, 0.4) is 0 Å². The van der Waals surface area contributed by atoms with Gasteiger partial charge in [-0.25, -0.2) is 4.39 Å². The first-order chi connectivity index (χ1) is 16.6. The van der Waals surface area contributed by atoms with Crippen LogP contribution in [-0.4, -0.2) is 53.8 Å². The molecular formula is C28H32Cl3FN2O2S. The van der Waals surface area contributed by atoms with E-state index < -0.39 is 0 Å². The fourth-order valence-electron chi connectivity index (χ4n) is 4.95. The Morgan fingerprint density at radius 3 is 2.38 bits per heavy atom. The molecule has 0 bridgehead atoms. The highest BCUT2D eigenvalue weighted by atomic mass is 35.5. The molecule has 1 unspecified atom stereocenters. The van der Waals surface area contributed by atoms with Gasteiger partial charge in [-0.3, -0.25) is 9.69 Å². The summed E-state index contributed by atoms with van der Waals surface area (Å²) in [6.45, 7) is 4.88. The summed E-state index contributed by atoms with van der Waals surface area (Å²) in [5, 5.41) is 0.791. The van der Waals surface area contributed by atoms with E-state index in [1.165, 1.54) is 33.1 Å². The van der Waals surface area contributed by atoms with E-state index in [1.54, 1.807) is 12.1 Å². The highest BCUT2D eigenvalue weighted by Gasteiger charge is 2.30. The van der Waals surface area contributed by atoms with Crippen molar-refractivity contribution in [1.82, 2.24) is 9.80 Å². The quantitative estimate of drug-likeness (QED) is 0.309. The third kappa shape index (κ3) is 7.70. The fraction of sp³-hybridized carbons (Fsp3) is 0.321. The maximum Gasteiger partial charge on any atom is 0.162 e. The molecule has 1 saturated heterocycles. The molecule has 0 amide bonds. The lowest BCUT2D eigenvalue weighted by Crippen LogP contribution is -2.48. The summed E-state index contributed by atoms with van der Waals surface area (Å²) in [7, 11) is 0. The number of carbonyl (C=O) groups is 1. The maximum atomic E-state index is 13.1. The first-order valence-electron chi connectivity index (χ1n) is 11.9. The molecule has 3 aromatic carbocycles. The van der Waals surface area contributed by atoms with E-state index in [0.29, 0.717) is 18.0 Å². The molecule has 9 heteroatoms. The Labute approximate surface area is 239 Å². The van der Waals surface area contributed by atoms with Gasteiger partial charge in [0.25, 0.3) is 0 Å². The van der Waals surface area contributed by atoms with Gasteiger partial charge in [0.2, 0.25) is 0 Å². The summed E-state index contributed by atoms with van der Waals surface area (Å²) in [5.74, 6) is -0.225. The monoisotopic (exact) mass is 584 g/mol. The van der Waals surface area contributed by atoms with Gasteiger partial charge in [0.1, 0.15) is 5.82 Å². The van der Waals surface area contributed by atoms with E-state index in [9.17, 15) is 9.18 Å². The standard InChI is InChI=1S/C28H28ClFN2OS.2ClH.H2O/c29-22-9-12-28-24(19-22)25(18-21-4-1-2-6-27(21)34-28)32-16-14-31(15-17-32)13-3-5-26(33)20-7-10-23(30)11-8-20;;;/h1-2,4,6-12,19,25H,3,5,13-18H2;2*1H;1H2. The minimum Gasteiger partial charge on any atom is -0.412 e. The van der Waals surface area contributed by atoms with Gasteiger partial charge in [0.15, 0.2) is 5.78 Å². The minimum absolute atomic E-state index is 0. The van der Waals surface area contributed by atoms with Gasteiger partial charge in [0, 0.05) is 59.0 Å². The molecule has 4 nitrogen and oxygen atoms in total. The summed E-state index contributed by atoms with van der Waals surface area (Å²) in [4.78, 5) is 20.0. The molecule has 0 spiro atoms. The van der Waals surface area contributed by atoms with Gasteiger partial charge >= 0.3 is 0 Å². The van der Waals surface area contributed by atoms with Gasteiger partial charge < -0.3 is 10.4 Å². The largest absolute Gasteiger partial charge is 0.412 e. The van der Waals surface area contributed by atoms with Gasteiger partial charge in [-0.2, -0.15) is 0 Å². The van der Waals surface area contributed by atoms with Crippen LogP contribution in [0.1, 0.15) is 40.4 Å². The van der Waals surface area contributed by atoms with E-state index in [-0.39, 0.29) is 41.9 Å². The summed E-state index contributed by atoms with van der Waals surface area (Å²) in [5.41, 5.74) is 3.31. The second kappa shape index (κ2) is 14.5. The van der Waals surface area contributed by atoms with Crippen LogP contribution < -0.4 is 0 Å². The maximum absolute atomic E-state index is 13.1. The number of halogens is 4. The number of hydrogen-bond acceptors (Lipinski definition) is 4. The lowest BCUT2D eigenvalue weighted by molar-refractivity contribution is 0.0888. The van der Waals surface area contributed by atoms with Crippen molar-refractivity contribution in [3.8, 4) is 0 Å². The summed E-state index contributed by atoms with van der Waals surface area (Å²) < 4.78 is 13.1. The summed E-state index contributed by atoms with van der Waals surface area (Å²) in [6.07, 6.45) is 2.30. The number of nitrogens with zero attached hydrogens (tertiary/aromatic N) is 2. The SMILES string of the molecule is Cl.Cl.O.O=C(CCCN1CCN(C2Cc3ccccc3Sc3ccc(Cl)cc32)CC1)c1ccc(F)cc1. The van der Waals surface area contributed by atoms with Crippen LogP contribution in [0.2, 0.25) is 5.02 Å². The zero-order chi connectivity index (χ0) is 23.5.